The minimum atomic E-state index is -0.410. The topological polar surface area (TPSA) is 54.1 Å². The molecule has 2 aromatic carbocycles. The summed E-state index contributed by atoms with van der Waals surface area (Å²) in [6, 6.07) is 16.1. The molecule has 1 aliphatic rings. The standard InChI is InChI=1S/C21H22N2O2/c1-25-19-9-5-3-7-17(19)21(11-12-21)20(24)22-13-10-15-14-23-18-8-4-2-6-16(15)18/h2-9,14,23H,10-13H2,1H3,(H,22,24). The Hall–Kier alpha value is -2.75. The molecule has 4 nitrogen and oxygen atoms in total. The molecule has 0 unspecified atom stereocenters. The van der Waals surface area contributed by atoms with Crippen LogP contribution in [0, 0.1) is 0 Å². The SMILES string of the molecule is COc1ccccc1C1(C(=O)NCCc2c[nH]c3ccccc23)CC1. The molecule has 25 heavy (non-hydrogen) atoms. The van der Waals surface area contributed by atoms with Gasteiger partial charge in [-0.15, -0.1) is 0 Å². The summed E-state index contributed by atoms with van der Waals surface area (Å²) in [6.07, 6.45) is 4.61. The molecule has 1 aliphatic carbocycles. The number of aromatic nitrogens is 1. The predicted molar refractivity (Wildman–Crippen MR) is 98.9 cm³/mol. The van der Waals surface area contributed by atoms with Crippen LogP contribution >= 0.6 is 0 Å². The lowest BCUT2D eigenvalue weighted by Gasteiger charge is -2.18. The van der Waals surface area contributed by atoms with Crippen molar-refractivity contribution in [1.82, 2.24) is 10.3 Å². The Morgan fingerprint density at radius 2 is 1.92 bits per heavy atom. The molecule has 0 aliphatic heterocycles. The maximum Gasteiger partial charge on any atom is 0.230 e. The van der Waals surface area contributed by atoms with E-state index in [2.05, 4.69) is 22.4 Å². The van der Waals surface area contributed by atoms with Crippen LogP contribution in [0.3, 0.4) is 0 Å². The van der Waals surface area contributed by atoms with E-state index in [1.807, 2.05) is 42.6 Å². The van der Waals surface area contributed by atoms with Gasteiger partial charge in [-0.3, -0.25) is 4.79 Å². The minimum absolute atomic E-state index is 0.108. The van der Waals surface area contributed by atoms with Crippen molar-refractivity contribution in [2.45, 2.75) is 24.7 Å². The van der Waals surface area contributed by atoms with Crippen LogP contribution in [0.5, 0.6) is 5.75 Å². The van der Waals surface area contributed by atoms with Crippen LogP contribution < -0.4 is 10.1 Å². The summed E-state index contributed by atoms with van der Waals surface area (Å²) >= 11 is 0. The number of benzene rings is 2. The van der Waals surface area contributed by atoms with Gasteiger partial charge in [-0.05, 0) is 37.0 Å². The Balaban J connectivity index is 1.44. The van der Waals surface area contributed by atoms with Gasteiger partial charge in [-0.25, -0.2) is 0 Å². The van der Waals surface area contributed by atoms with E-state index >= 15 is 0 Å². The molecule has 0 spiro atoms. The summed E-state index contributed by atoms with van der Waals surface area (Å²) in [4.78, 5) is 16.1. The summed E-state index contributed by atoms with van der Waals surface area (Å²) in [5.41, 5.74) is 2.96. The fourth-order valence-electron chi connectivity index (χ4n) is 3.60. The second-order valence-electron chi connectivity index (χ2n) is 6.65. The summed E-state index contributed by atoms with van der Waals surface area (Å²) < 4.78 is 5.45. The molecule has 0 saturated heterocycles. The van der Waals surface area contributed by atoms with E-state index in [1.54, 1.807) is 7.11 Å². The molecule has 2 N–H and O–H groups in total. The Labute approximate surface area is 147 Å². The average molecular weight is 334 g/mol. The molecule has 128 valence electrons. The molecule has 1 fully saturated rings. The maximum atomic E-state index is 12.8. The van der Waals surface area contributed by atoms with E-state index in [4.69, 9.17) is 4.74 Å². The van der Waals surface area contributed by atoms with Crippen molar-refractivity contribution in [3.63, 3.8) is 0 Å². The van der Waals surface area contributed by atoms with Gasteiger partial charge in [0, 0.05) is 29.2 Å². The van der Waals surface area contributed by atoms with Crippen LogP contribution in [-0.4, -0.2) is 24.5 Å². The van der Waals surface area contributed by atoms with Gasteiger partial charge < -0.3 is 15.0 Å². The van der Waals surface area contributed by atoms with Crippen LogP contribution in [0.4, 0.5) is 0 Å². The van der Waals surface area contributed by atoms with E-state index in [0.29, 0.717) is 6.54 Å². The van der Waals surface area contributed by atoms with Gasteiger partial charge in [-0.2, -0.15) is 0 Å². The fraction of sp³-hybridized carbons (Fsp3) is 0.286. The normalized spacial score (nSPS) is 15.1. The molecule has 3 aromatic rings. The van der Waals surface area contributed by atoms with Gasteiger partial charge in [0.2, 0.25) is 5.91 Å². The Kier molecular flexibility index (Phi) is 3.96. The third-order valence-electron chi connectivity index (χ3n) is 5.16. The van der Waals surface area contributed by atoms with Crippen LogP contribution in [0.15, 0.2) is 54.7 Å². The number of ether oxygens (including phenoxy) is 1. The number of amides is 1. The van der Waals surface area contributed by atoms with Crippen molar-refractivity contribution in [2.24, 2.45) is 0 Å². The summed E-state index contributed by atoms with van der Waals surface area (Å²) in [6.45, 7) is 0.636. The molecule has 1 amide bonds. The molecule has 1 aromatic heterocycles. The molecular weight excluding hydrogens is 312 g/mol. The van der Waals surface area contributed by atoms with Crippen LogP contribution in [0.1, 0.15) is 24.0 Å². The van der Waals surface area contributed by atoms with Gasteiger partial charge in [0.1, 0.15) is 5.75 Å². The first-order valence-corrected chi connectivity index (χ1v) is 8.71. The number of fused-ring (bicyclic) bond motifs is 1. The molecule has 1 saturated carbocycles. The van der Waals surface area contributed by atoms with Gasteiger partial charge >= 0.3 is 0 Å². The number of para-hydroxylation sites is 2. The number of rotatable bonds is 6. The number of methoxy groups -OCH3 is 1. The van der Waals surface area contributed by atoms with Crippen molar-refractivity contribution >= 4 is 16.8 Å². The van der Waals surface area contributed by atoms with E-state index < -0.39 is 5.41 Å². The van der Waals surface area contributed by atoms with Crippen molar-refractivity contribution in [1.29, 1.82) is 0 Å². The molecule has 0 radical (unpaired) electrons. The molecule has 4 rings (SSSR count). The third-order valence-corrected chi connectivity index (χ3v) is 5.16. The maximum absolute atomic E-state index is 12.8. The monoisotopic (exact) mass is 334 g/mol. The van der Waals surface area contributed by atoms with E-state index in [-0.39, 0.29) is 5.91 Å². The molecule has 0 bridgehead atoms. The van der Waals surface area contributed by atoms with Crippen molar-refractivity contribution in [3.05, 3.63) is 65.9 Å². The fourth-order valence-corrected chi connectivity index (χ4v) is 3.60. The van der Waals surface area contributed by atoms with Gasteiger partial charge in [0.25, 0.3) is 0 Å². The highest BCUT2D eigenvalue weighted by Crippen LogP contribution is 2.51. The Morgan fingerprint density at radius 3 is 2.72 bits per heavy atom. The van der Waals surface area contributed by atoms with Gasteiger partial charge in [0.15, 0.2) is 0 Å². The van der Waals surface area contributed by atoms with Crippen molar-refractivity contribution in [3.8, 4) is 5.75 Å². The smallest absolute Gasteiger partial charge is 0.230 e. The third kappa shape index (κ3) is 2.78. The van der Waals surface area contributed by atoms with E-state index in [0.717, 1.165) is 36.1 Å². The van der Waals surface area contributed by atoms with Crippen LogP contribution in [0.25, 0.3) is 10.9 Å². The number of H-pyrrole nitrogens is 1. The Bertz CT molecular complexity index is 909. The highest BCUT2D eigenvalue weighted by molar-refractivity contribution is 5.92. The second-order valence-corrected chi connectivity index (χ2v) is 6.65. The highest BCUT2D eigenvalue weighted by Gasteiger charge is 2.52. The zero-order chi connectivity index (χ0) is 17.3. The zero-order valence-corrected chi connectivity index (χ0v) is 14.3. The minimum Gasteiger partial charge on any atom is -0.496 e. The Morgan fingerprint density at radius 1 is 1.16 bits per heavy atom. The summed E-state index contributed by atoms with van der Waals surface area (Å²) in [5.74, 6) is 0.906. The molecule has 0 atom stereocenters. The first-order valence-electron chi connectivity index (χ1n) is 8.71. The summed E-state index contributed by atoms with van der Waals surface area (Å²) in [5, 5.41) is 4.35. The van der Waals surface area contributed by atoms with Crippen molar-refractivity contribution in [2.75, 3.05) is 13.7 Å². The number of carbonyl (C=O) groups excluding carboxylic acids is 1. The first-order chi connectivity index (χ1) is 12.2. The van der Waals surface area contributed by atoms with E-state index in [9.17, 15) is 4.79 Å². The number of nitrogens with one attached hydrogen (secondary N) is 2. The predicted octanol–water partition coefficient (Wildman–Crippen LogP) is 3.57. The first kappa shape index (κ1) is 15.8. The van der Waals surface area contributed by atoms with Gasteiger partial charge in [-0.1, -0.05) is 36.4 Å². The molecular formula is C21H22N2O2. The average Bonchev–Trinajstić information content (AvgIpc) is 3.37. The lowest BCUT2D eigenvalue weighted by atomic mass is 9.94. The van der Waals surface area contributed by atoms with E-state index in [1.165, 1.54) is 10.9 Å². The zero-order valence-electron chi connectivity index (χ0n) is 14.3. The quantitative estimate of drug-likeness (QED) is 0.724. The van der Waals surface area contributed by atoms with Crippen molar-refractivity contribution < 1.29 is 9.53 Å². The summed E-state index contributed by atoms with van der Waals surface area (Å²) in [7, 11) is 1.66. The lowest BCUT2D eigenvalue weighted by molar-refractivity contribution is -0.123. The number of aromatic amines is 1. The number of hydrogen-bond acceptors (Lipinski definition) is 2. The largest absolute Gasteiger partial charge is 0.496 e. The molecule has 1 heterocycles. The second kappa shape index (κ2) is 6.28. The lowest BCUT2D eigenvalue weighted by Crippen LogP contribution is -2.36. The molecule has 4 heteroatoms. The number of hydrogen-bond donors (Lipinski definition) is 2. The van der Waals surface area contributed by atoms with Crippen LogP contribution in [0.2, 0.25) is 0 Å². The highest BCUT2D eigenvalue weighted by atomic mass is 16.5. The number of carbonyl (C=O) groups is 1. The van der Waals surface area contributed by atoms with Crippen LogP contribution in [-0.2, 0) is 16.6 Å². The van der Waals surface area contributed by atoms with Gasteiger partial charge in [0.05, 0.1) is 12.5 Å².